The minimum absolute atomic E-state index is 0.00608. The maximum Gasteiger partial charge on any atom is 0.412 e. The van der Waals surface area contributed by atoms with Crippen molar-refractivity contribution < 1.29 is 19.7 Å². The number of nitrogens with zero attached hydrogens (tertiary/aromatic N) is 1. The van der Waals surface area contributed by atoms with E-state index in [1.807, 2.05) is 68.4 Å². The number of aromatic hydroxyl groups is 1. The van der Waals surface area contributed by atoms with E-state index in [9.17, 15) is 19.8 Å². The highest BCUT2D eigenvalue weighted by atomic mass is 16.6. The van der Waals surface area contributed by atoms with Crippen molar-refractivity contribution in [1.29, 1.82) is 0 Å². The predicted molar refractivity (Wildman–Crippen MR) is 195 cm³/mol. The number of hydrogen-bond donors (Lipinski definition) is 5. The number of para-hydroxylation sites is 1. The Morgan fingerprint density at radius 2 is 1.56 bits per heavy atom. The van der Waals surface area contributed by atoms with Gasteiger partial charge < -0.3 is 30.2 Å². The molecule has 1 heterocycles. The molecule has 4 rings (SSSR count). The third-order valence-electron chi connectivity index (χ3n) is 8.71. The summed E-state index contributed by atoms with van der Waals surface area (Å²) >= 11 is 0. The lowest BCUT2D eigenvalue weighted by Gasteiger charge is -2.28. The van der Waals surface area contributed by atoms with Crippen LogP contribution in [0.15, 0.2) is 83.7 Å². The number of aromatic amines is 1. The van der Waals surface area contributed by atoms with Crippen molar-refractivity contribution in [2.75, 3.05) is 38.5 Å². The standard InChI is InChI=1S/C39H52N4O5/c1-39(2,48-38(47)41-33-19-13-12-18-30(33)29-16-10-9-11-17-29)24-27-43(3)26-15-8-6-4-5-7-14-25-40-28-35(45)31-20-22-34(44)37-32(31)21-23-36(46)42-37/h9-13,16-23,35,40,44-45H,4-8,14-15,24-28H2,1-3H3,(H,41,47)(H,42,46). The molecule has 0 bridgehead atoms. The second kappa shape index (κ2) is 18.4. The number of aliphatic hydroxyl groups excluding tert-OH is 1. The smallest absolute Gasteiger partial charge is 0.412 e. The monoisotopic (exact) mass is 656 g/mol. The molecule has 1 aromatic heterocycles. The number of pyridine rings is 1. The van der Waals surface area contributed by atoms with E-state index >= 15 is 0 Å². The van der Waals surface area contributed by atoms with Crippen molar-refractivity contribution in [3.8, 4) is 16.9 Å². The van der Waals surface area contributed by atoms with E-state index in [0.717, 1.165) is 62.1 Å². The molecule has 3 aromatic carbocycles. The van der Waals surface area contributed by atoms with Gasteiger partial charge in [0.05, 0.1) is 17.3 Å². The van der Waals surface area contributed by atoms with Gasteiger partial charge in [0.25, 0.3) is 0 Å². The van der Waals surface area contributed by atoms with Crippen molar-refractivity contribution in [3.63, 3.8) is 0 Å². The van der Waals surface area contributed by atoms with Crippen LogP contribution in [0.4, 0.5) is 10.5 Å². The Labute approximate surface area is 284 Å². The number of aliphatic hydroxyl groups is 1. The molecule has 0 fully saturated rings. The number of fused-ring (bicyclic) bond motifs is 1. The first-order valence-electron chi connectivity index (χ1n) is 17.2. The lowest BCUT2D eigenvalue weighted by molar-refractivity contribution is 0.0357. The minimum Gasteiger partial charge on any atom is -0.506 e. The second-order valence-electron chi connectivity index (χ2n) is 13.2. The maximum atomic E-state index is 12.8. The summed E-state index contributed by atoms with van der Waals surface area (Å²) in [6.07, 6.45) is 7.74. The number of ether oxygens (including phenoxy) is 1. The molecule has 1 unspecified atom stereocenters. The Bertz CT molecular complexity index is 1640. The van der Waals surface area contributed by atoms with Gasteiger partial charge in [-0.1, -0.05) is 86.7 Å². The van der Waals surface area contributed by atoms with Gasteiger partial charge in [-0.2, -0.15) is 0 Å². The van der Waals surface area contributed by atoms with Crippen LogP contribution in [0, 0.1) is 0 Å². The third-order valence-corrected chi connectivity index (χ3v) is 8.71. The SMILES string of the molecule is CN(CCCCCCCCCNCC(O)c1ccc(O)c2[nH]c(=O)ccc12)CCC(C)(C)OC(=O)Nc1ccccc1-c1ccccc1. The van der Waals surface area contributed by atoms with Crippen molar-refractivity contribution >= 4 is 22.7 Å². The highest BCUT2D eigenvalue weighted by molar-refractivity contribution is 5.91. The Hall–Kier alpha value is -4.18. The number of nitrogens with one attached hydrogen (secondary N) is 3. The normalized spacial score (nSPS) is 12.4. The van der Waals surface area contributed by atoms with E-state index in [4.69, 9.17) is 4.74 Å². The zero-order valence-corrected chi connectivity index (χ0v) is 28.6. The van der Waals surface area contributed by atoms with Crippen LogP contribution in [0.2, 0.25) is 0 Å². The lowest BCUT2D eigenvalue weighted by Crippen LogP contribution is -2.35. The van der Waals surface area contributed by atoms with Gasteiger partial charge in [-0.25, -0.2) is 4.79 Å². The molecule has 5 N–H and O–H groups in total. The van der Waals surface area contributed by atoms with Gasteiger partial charge in [-0.15, -0.1) is 0 Å². The maximum absolute atomic E-state index is 12.8. The molecule has 0 spiro atoms. The van der Waals surface area contributed by atoms with Gasteiger partial charge in [-0.3, -0.25) is 10.1 Å². The molecule has 48 heavy (non-hydrogen) atoms. The summed E-state index contributed by atoms with van der Waals surface area (Å²) in [7, 11) is 2.13. The van der Waals surface area contributed by atoms with Crippen molar-refractivity contribution in [2.45, 2.75) is 76.9 Å². The first-order chi connectivity index (χ1) is 23.1. The number of aromatic nitrogens is 1. The fourth-order valence-electron chi connectivity index (χ4n) is 5.88. The van der Waals surface area contributed by atoms with E-state index in [1.165, 1.54) is 37.8 Å². The number of carbonyl (C=O) groups is 1. The van der Waals surface area contributed by atoms with Crippen LogP contribution in [-0.4, -0.2) is 65.0 Å². The number of phenolic OH excluding ortho intramolecular Hbond substituents is 1. The molecule has 258 valence electrons. The summed E-state index contributed by atoms with van der Waals surface area (Å²) in [5.74, 6) is -0.00608. The van der Waals surface area contributed by atoms with Crippen molar-refractivity contribution in [3.05, 3.63) is 94.8 Å². The van der Waals surface area contributed by atoms with Gasteiger partial charge in [0, 0.05) is 30.1 Å². The van der Waals surface area contributed by atoms with Crippen LogP contribution >= 0.6 is 0 Å². The number of amides is 1. The minimum atomic E-state index is -0.733. The number of carbonyl (C=O) groups excluding carboxylic acids is 1. The van der Waals surface area contributed by atoms with Gasteiger partial charge in [0.1, 0.15) is 11.4 Å². The summed E-state index contributed by atoms with van der Waals surface area (Å²) in [5.41, 5.74) is 2.88. The first kappa shape index (κ1) is 36.7. The highest BCUT2D eigenvalue weighted by Crippen LogP contribution is 2.29. The number of anilines is 1. The molecule has 4 aromatic rings. The fourth-order valence-corrected chi connectivity index (χ4v) is 5.88. The summed E-state index contributed by atoms with van der Waals surface area (Å²) in [4.78, 5) is 29.4. The van der Waals surface area contributed by atoms with Gasteiger partial charge in [0.2, 0.25) is 5.56 Å². The van der Waals surface area contributed by atoms with Crippen LogP contribution in [0.1, 0.15) is 76.9 Å². The largest absolute Gasteiger partial charge is 0.506 e. The summed E-state index contributed by atoms with van der Waals surface area (Å²) in [6.45, 7) is 7.03. The zero-order valence-electron chi connectivity index (χ0n) is 28.6. The zero-order chi connectivity index (χ0) is 34.4. The molecule has 1 amide bonds. The number of rotatable bonds is 19. The van der Waals surface area contributed by atoms with Gasteiger partial charge in [-0.05, 0) is 82.6 Å². The van der Waals surface area contributed by atoms with Crippen LogP contribution in [-0.2, 0) is 4.74 Å². The number of phenols is 1. The molecular formula is C39H52N4O5. The molecule has 0 aliphatic heterocycles. The molecule has 0 aliphatic carbocycles. The Morgan fingerprint density at radius 3 is 2.33 bits per heavy atom. The molecule has 9 nitrogen and oxygen atoms in total. The Balaban J connectivity index is 1.02. The van der Waals surface area contributed by atoms with Crippen LogP contribution in [0.25, 0.3) is 22.0 Å². The molecule has 0 aliphatic rings. The highest BCUT2D eigenvalue weighted by Gasteiger charge is 2.24. The molecule has 0 radical (unpaired) electrons. The number of hydrogen-bond acceptors (Lipinski definition) is 7. The van der Waals surface area contributed by atoms with E-state index in [2.05, 4.69) is 27.6 Å². The van der Waals surface area contributed by atoms with Gasteiger partial charge in [0.15, 0.2) is 0 Å². The average Bonchev–Trinajstić information content (AvgIpc) is 3.07. The molecular weight excluding hydrogens is 604 g/mol. The van der Waals surface area contributed by atoms with Crippen LogP contribution in [0.3, 0.4) is 0 Å². The lowest BCUT2D eigenvalue weighted by atomic mass is 10.0. The summed E-state index contributed by atoms with van der Waals surface area (Å²) in [6, 6.07) is 24.0. The molecule has 1 atom stereocenters. The second-order valence-corrected chi connectivity index (χ2v) is 13.2. The topological polar surface area (TPSA) is 127 Å². The summed E-state index contributed by atoms with van der Waals surface area (Å²) in [5, 5.41) is 27.6. The molecule has 0 saturated carbocycles. The van der Waals surface area contributed by atoms with Crippen molar-refractivity contribution in [1.82, 2.24) is 15.2 Å². The van der Waals surface area contributed by atoms with Gasteiger partial charge >= 0.3 is 6.09 Å². The Kier molecular flexibility index (Phi) is 14.0. The number of benzene rings is 3. The average molecular weight is 657 g/mol. The van der Waals surface area contributed by atoms with E-state index in [0.29, 0.717) is 23.0 Å². The van der Waals surface area contributed by atoms with Crippen LogP contribution < -0.4 is 16.2 Å². The predicted octanol–water partition coefficient (Wildman–Crippen LogP) is 7.60. The fraction of sp³-hybridized carbons (Fsp3) is 0.436. The van der Waals surface area contributed by atoms with E-state index in [-0.39, 0.29) is 11.3 Å². The van der Waals surface area contributed by atoms with Crippen molar-refractivity contribution in [2.24, 2.45) is 0 Å². The van der Waals surface area contributed by atoms with E-state index in [1.54, 1.807) is 12.1 Å². The number of unbranched alkanes of at least 4 members (excludes halogenated alkanes) is 6. The van der Waals surface area contributed by atoms with E-state index < -0.39 is 17.8 Å². The van der Waals surface area contributed by atoms with Crippen LogP contribution in [0.5, 0.6) is 5.75 Å². The molecule has 0 saturated heterocycles. The summed E-state index contributed by atoms with van der Waals surface area (Å²) < 4.78 is 5.83. The Morgan fingerprint density at radius 1 is 0.875 bits per heavy atom. The quantitative estimate of drug-likeness (QED) is 0.0658. The first-order valence-corrected chi connectivity index (χ1v) is 17.2. The number of H-pyrrole nitrogens is 1. The molecule has 9 heteroatoms. The third kappa shape index (κ3) is 11.5.